The second-order valence-corrected chi connectivity index (χ2v) is 6.48. The van der Waals surface area contributed by atoms with Gasteiger partial charge in [-0.15, -0.1) is 0 Å². The SMILES string of the molecule is CCCCCCOC(CCC)(OCCCC)OC(=O)c1ccc(O)cc1. The molecule has 148 valence electrons. The van der Waals surface area contributed by atoms with Crippen LogP contribution in [0.15, 0.2) is 24.3 Å². The third-order valence-electron chi connectivity index (χ3n) is 4.05. The molecule has 5 nitrogen and oxygen atoms in total. The van der Waals surface area contributed by atoms with Crippen molar-refractivity contribution in [3.05, 3.63) is 29.8 Å². The number of carbonyl (C=O) groups is 1. The van der Waals surface area contributed by atoms with Gasteiger partial charge in [0.1, 0.15) is 5.75 Å². The molecule has 5 heteroatoms. The van der Waals surface area contributed by atoms with Gasteiger partial charge in [-0.3, -0.25) is 0 Å². The summed E-state index contributed by atoms with van der Waals surface area (Å²) in [5.41, 5.74) is 0.358. The molecule has 1 aromatic carbocycles. The molecule has 1 unspecified atom stereocenters. The van der Waals surface area contributed by atoms with Crippen molar-refractivity contribution in [3.63, 3.8) is 0 Å². The predicted octanol–water partition coefficient (Wildman–Crippen LogP) is 5.42. The average molecular weight is 366 g/mol. The standard InChI is InChI=1S/C21H34O5/c1-4-7-9-10-17-25-21(15-6-3,24-16-8-5-2)26-20(23)18-11-13-19(22)14-12-18/h11-14,22H,4-10,15-17H2,1-3H3. The Morgan fingerprint density at radius 3 is 2.08 bits per heavy atom. The molecule has 0 aliphatic heterocycles. The first-order chi connectivity index (χ1) is 12.6. The molecule has 0 spiro atoms. The Balaban J connectivity index is 2.80. The van der Waals surface area contributed by atoms with E-state index in [0.29, 0.717) is 25.2 Å². The molecule has 1 aromatic rings. The highest BCUT2D eigenvalue weighted by Gasteiger charge is 2.36. The molecule has 0 heterocycles. The number of hydrogen-bond acceptors (Lipinski definition) is 5. The number of ether oxygens (including phenoxy) is 3. The molecule has 0 radical (unpaired) electrons. The summed E-state index contributed by atoms with van der Waals surface area (Å²) >= 11 is 0. The first-order valence-corrected chi connectivity index (χ1v) is 9.87. The molecule has 0 fully saturated rings. The van der Waals surface area contributed by atoms with Crippen LogP contribution in [0.1, 0.15) is 82.5 Å². The molecule has 0 aliphatic carbocycles. The Hall–Kier alpha value is -1.59. The van der Waals surface area contributed by atoms with Crippen LogP contribution in [0.2, 0.25) is 0 Å². The number of carbonyl (C=O) groups excluding carboxylic acids is 1. The fourth-order valence-electron chi connectivity index (χ4n) is 2.53. The van der Waals surface area contributed by atoms with Gasteiger partial charge in [0.2, 0.25) is 0 Å². The van der Waals surface area contributed by atoms with Gasteiger partial charge in [-0.05, 0) is 43.5 Å². The van der Waals surface area contributed by atoms with Crippen molar-refractivity contribution in [2.75, 3.05) is 13.2 Å². The minimum absolute atomic E-state index is 0.104. The van der Waals surface area contributed by atoms with Crippen LogP contribution in [0.5, 0.6) is 5.75 Å². The van der Waals surface area contributed by atoms with Crippen molar-refractivity contribution in [1.29, 1.82) is 0 Å². The molecule has 0 saturated heterocycles. The zero-order valence-corrected chi connectivity index (χ0v) is 16.5. The van der Waals surface area contributed by atoms with Crippen LogP contribution in [-0.2, 0) is 14.2 Å². The minimum Gasteiger partial charge on any atom is -0.508 e. The third kappa shape index (κ3) is 8.19. The zero-order valence-electron chi connectivity index (χ0n) is 16.5. The number of phenolic OH excluding ortho intramolecular Hbond substituents is 1. The summed E-state index contributed by atoms with van der Waals surface area (Å²) in [6.45, 7) is 7.23. The molecular formula is C21H34O5. The lowest BCUT2D eigenvalue weighted by Gasteiger charge is -2.32. The lowest BCUT2D eigenvalue weighted by molar-refractivity contribution is -0.359. The summed E-state index contributed by atoms with van der Waals surface area (Å²) in [4.78, 5) is 12.6. The van der Waals surface area contributed by atoms with Crippen LogP contribution >= 0.6 is 0 Å². The summed E-state index contributed by atoms with van der Waals surface area (Å²) in [6, 6.07) is 5.98. The molecular weight excluding hydrogens is 332 g/mol. The third-order valence-corrected chi connectivity index (χ3v) is 4.05. The maximum atomic E-state index is 12.6. The number of rotatable bonds is 14. The van der Waals surface area contributed by atoms with Crippen LogP contribution in [0.4, 0.5) is 0 Å². The van der Waals surface area contributed by atoms with Crippen molar-refractivity contribution in [2.45, 2.75) is 78.1 Å². The van der Waals surface area contributed by atoms with E-state index in [2.05, 4.69) is 13.8 Å². The monoisotopic (exact) mass is 366 g/mol. The highest BCUT2D eigenvalue weighted by atomic mass is 16.9. The highest BCUT2D eigenvalue weighted by molar-refractivity contribution is 5.89. The van der Waals surface area contributed by atoms with Gasteiger partial charge in [0.15, 0.2) is 0 Å². The molecule has 0 aromatic heterocycles. The van der Waals surface area contributed by atoms with Gasteiger partial charge in [-0.2, -0.15) is 0 Å². The largest absolute Gasteiger partial charge is 0.508 e. The Kier molecular flexibility index (Phi) is 11.0. The lowest BCUT2D eigenvalue weighted by Crippen LogP contribution is -2.42. The van der Waals surface area contributed by atoms with E-state index in [-0.39, 0.29) is 5.75 Å². The van der Waals surface area contributed by atoms with E-state index in [0.717, 1.165) is 44.9 Å². The van der Waals surface area contributed by atoms with E-state index in [4.69, 9.17) is 14.2 Å². The fourth-order valence-corrected chi connectivity index (χ4v) is 2.53. The normalized spacial score (nSPS) is 13.3. The van der Waals surface area contributed by atoms with Gasteiger partial charge in [0.25, 0.3) is 0 Å². The van der Waals surface area contributed by atoms with Crippen molar-refractivity contribution < 1.29 is 24.1 Å². The summed E-state index contributed by atoms with van der Waals surface area (Å²) in [7, 11) is 0. The van der Waals surface area contributed by atoms with E-state index in [9.17, 15) is 9.90 Å². The van der Waals surface area contributed by atoms with E-state index < -0.39 is 11.9 Å². The second-order valence-electron chi connectivity index (χ2n) is 6.48. The van der Waals surface area contributed by atoms with E-state index in [1.807, 2.05) is 6.92 Å². The van der Waals surface area contributed by atoms with Gasteiger partial charge in [0.05, 0.1) is 18.8 Å². The lowest BCUT2D eigenvalue weighted by atomic mass is 10.2. The molecule has 0 bridgehead atoms. The fraction of sp³-hybridized carbons (Fsp3) is 0.667. The van der Waals surface area contributed by atoms with Crippen molar-refractivity contribution >= 4 is 5.97 Å². The van der Waals surface area contributed by atoms with Gasteiger partial charge in [-0.1, -0.05) is 46.5 Å². The molecule has 0 saturated carbocycles. The Morgan fingerprint density at radius 1 is 0.885 bits per heavy atom. The van der Waals surface area contributed by atoms with Crippen molar-refractivity contribution in [3.8, 4) is 5.75 Å². The van der Waals surface area contributed by atoms with Crippen LogP contribution in [0.25, 0.3) is 0 Å². The van der Waals surface area contributed by atoms with Gasteiger partial charge < -0.3 is 19.3 Å². The van der Waals surface area contributed by atoms with Crippen LogP contribution in [-0.4, -0.2) is 30.3 Å². The summed E-state index contributed by atoms with van der Waals surface area (Å²) < 4.78 is 17.6. The summed E-state index contributed by atoms with van der Waals surface area (Å²) in [5.74, 6) is -1.75. The number of hydrogen-bond donors (Lipinski definition) is 1. The number of phenols is 1. The first-order valence-electron chi connectivity index (χ1n) is 9.87. The van der Waals surface area contributed by atoms with E-state index in [1.54, 1.807) is 0 Å². The van der Waals surface area contributed by atoms with E-state index in [1.165, 1.54) is 24.3 Å². The maximum Gasteiger partial charge on any atom is 0.342 e. The second kappa shape index (κ2) is 12.7. The summed E-state index contributed by atoms with van der Waals surface area (Å²) in [5, 5.41) is 9.38. The highest BCUT2D eigenvalue weighted by Crippen LogP contribution is 2.25. The summed E-state index contributed by atoms with van der Waals surface area (Å²) in [6.07, 6.45) is 7.42. The smallest absolute Gasteiger partial charge is 0.342 e. The quantitative estimate of drug-likeness (QED) is 0.271. The first kappa shape index (κ1) is 22.5. The number of benzene rings is 1. The van der Waals surface area contributed by atoms with Crippen LogP contribution in [0, 0.1) is 0 Å². The molecule has 26 heavy (non-hydrogen) atoms. The topological polar surface area (TPSA) is 65.0 Å². The van der Waals surface area contributed by atoms with Crippen LogP contribution in [0.3, 0.4) is 0 Å². The minimum atomic E-state index is -1.34. The Morgan fingerprint density at radius 2 is 1.50 bits per heavy atom. The van der Waals surface area contributed by atoms with Crippen LogP contribution < -0.4 is 0 Å². The molecule has 0 aliphatic rings. The average Bonchev–Trinajstić information content (AvgIpc) is 2.62. The predicted molar refractivity (Wildman–Crippen MR) is 102 cm³/mol. The molecule has 1 N–H and O–H groups in total. The Labute approximate surface area is 157 Å². The van der Waals surface area contributed by atoms with Crippen molar-refractivity contribution in [2.24, 2.45) is 0 Å². The Bertz CT molecular complexity index is 500. The van der Waals surface area contributed by atoms with Crippen molar-refractivity contribution in [1.82, 2.24) is 0 Å². The molecule has 1 rings (SSSR count). The van der Waals surface area contributed by atoms with E-state index >= 15 is 0 Å². The number of esters is 1. The maximum absolute atomic E-state index is 12.6. The van der Waals surface area contributed by atoms with Gasteiger partial charge >= 0.3 is 11.9 Å². The number of aromatic hydroxyl groups is 1. The number of unbranched alkanes of at least 4 members (excludes halogenated alkanes) is 4. The molecule has 1 atom stereocenters. The zero-order chi connectivity index (χ0) is 19.3. The van der Waals surface area contributed by atoms with Gasteiger partial charge in [-0.25, -0.2) is 4.79 Å². The molecule has 0 amide bonds. The van der Waals surface area contributed by atoms with Gasteiger partial charge in [0, 0.05) is 6.42 Å².